The fraction of sp³-hybridized carbons (Fsp3) is 0.125. The van der Waals surface area contributed by atoms with Gasteiger partial charge >= 0.3 is 0 Å². The lowest BCUT2D eigenvalue weighted by atomic mass is 10.1. The molecule has 2 rings (SSSR count). The lowest BCUT2D eigenvalue weighted by Gasteiger charge is -2.13. The highest BCUT2D eigenvalue weighted by Gasteiger charge is 2.15. The lowest BCUT2D eigenvalue weighted by molar-refractivity contribution is -0.117. The number of nitriles is 1. The first-order valence-electron chi connectivity index (χ1n) is 6.40. The Kier molecular flexibility index (Phi) is 5.09. The second kappa shape index (κ2) is 7.02. The molecule has 0 fully saturated rings. The average Bonchev–Trinajstić information content (AvgIpc) is 2.49. The number of hydrogen-bond acceptors (Lipinski definition) is 3. The van der Waals surface area contributed by atoms with Crippen molar-refractivity contribution in [1.29, 1.82) is 5.26 Å². The number of benzene rings is 2. The van der Waals surface area contributed by atoms with E-state index < -0.39 is 6.04 Å². The first-order valence-corrected chi connectivity index (χ1v) is 7.19. The highest BCUT2D eigenvalue weighted by molar-refractivity contribution is 9.10. The molecule has 0 aromatic heterocycles. The molecule has 0 saturated carbocycles. The van der Waals surface area contributed by atoms with E-state index in [0.717, 1.165) is 10.0 Å². The number of hydrogen-bond donors (Lipinski definition) is 2. The second-order valence-corrected chi connectivity index (χ2v) is 5.50. The topological polar surface area (TPSA) is 78.9 Å². The van der Waals surface area contributed by atoms with Gasteiger partial charge < -0.3 is 11.1 Å². The number of nitrogens with two attached hydrogens (primary N) is 1. The summed E-state index contributed by atoms with van der Waals surface area (Å²) in [7, 11) is 0. The van der Waals surface area contributed by atoms with Crippen LogP contribution < -0.4 is 11.1 Å². The summed E-state index contributed by atoms with van der Waals surface area (Å²) in [6.45, 7) is 0. The van der Waals surface area contributed by atoms with E-state index in [1.54, 1.807) is 18.2 Å². The summed E-state index contributed by atoms with van der Waals surface area (Å²) in [4.78, 5) is 12.1. The summed E-state index contributed by atoms with van der Waals surface area (Å²) in [5, 5.41) is 11.8. The molecule has 0 aliphatic rings. The van der Waals surface area contributed by atoms with E-state index in [4.69, 9.17) is 11.0 Å². The zero-order chi connectivity index (χ0) is 15.2. The van der Waals surface area contributed by atoms with Gasteiger partial charge in [-0.2, -0.15) is 5.26 Å². The van der Waals surface area contributed by atoms with E-state index in [2.05, 4.69) is 21.2 Å². The molecule has 0 radical (unpaired) electrons. The van der Waals surface area contributed by atoms with Gasteiger partial charge in [-0.15, -0.1) is 0 Å². The molecule has 3 N–H and O–H groups in total. The van der Waals surface area contributed by atoms with Crippen molar-refractivity contribution in [2.75, 3.05) is 5.32 Å². The number of anilines is 1. The van der Waals surface area contributed by atoms with Crippen molar-refractivity contribution >= 4 is 27.5 Å². The summed E-state index contributed by atoms with van der Waals surface area (Å²) >= 11 is 3.29. The van der Waals surface area contributed by atoms with Gasteiger partial charge in [-0.1, -0.05) is 46.3 Å². The van der Waals surface area contributed by atoms with Crippen molar-refractivity contribution in [1.82, 2.24) is 0 Å². The Hall–Kier alpha value is -2.16. The first-order chi connectivity index (χ1) is 10.1. The molecule has 21 heavy (non-hydrogen) atoms. The Balaban J connectivity index is 2.06. The minimum absolute atomic E-state index is 0.308. The van der Waals surface area contributed by atoms with E-state index in [1.165, 1.54) is 0 Å². The zero-order valence-electron chi connectivity index (χ0n) is 11.2. The van der Waals surface area contributed by atoms with Gasteiger partial charge in [0.25, 0.3) is 0 Å². The van der Waals surface area contributed by atoms with E-state index >= 15 is 0 Å². The Morgan fingerprint density at radius 1 is 1.29 bits per heavy atom. The molecular formula is C16H14BrN3O. The monoisotopic (exact) mass is 343 g/mol. The van der Waals surface area contributed by atoms with Crippen LogP contribution in [0, 0.1) is 11.3 Å². The van der Waals surface area contributed by atoms with Crippen molar-refractivity contribution in [3.05, 3.63) is 64.1 Å². The van der Waals surface area contributed by atoms with Crippen molar-refractivity contribution in [3.63, 3.8) is 0 Å². The number of halogens is 1. The normalized spacial score (nSPS) is 11.5. The van der Waals surface area contributed by atoms with E-state index in [1.807, 2.05) is 36.4 Å². The van der Waals surface area contributed by atoms with Crippen LogP contribution in [0.15, 0.2) is 53.0 Å². The summed E-state index contributed by atoms with van der Waals surface area (Å²) in [5.41, 5.74) is 7.77. The van der Waals surface area contributed by atoms with Crippen LogP contribution in [-0.4, -0.2) is 11.9 Å². The van der Waals surface area contributed by atoms with Crippen molar-refractivity contribution in [2.45, 2.75) is 12.5 Å². The Bertz CT molecular complexity index is 680. The largest absolute Gasteiger partial charge is 0.324 e. The number of nitrogens with zero attached hydrogens (tertiary/aromatic N) is 1. The van der Waals surface area contributed by atoms with Gasteiger partial charge in [0.1, 0.15) is 6.07 Å². The van der Waals surface area contributed by atoms with Crippen LogP contribution in [0.1, 0.15) is 11.1 Å². The van der Waals surface area contributed by atoms with Crippen LogP contribution in [0.25, 0.3) is 0 Å². The molecule has 0 aliphatic carbocycles. The molecule has 5 heteroatoms. The molecule has 1 amide bonds. The maximum absolute atomic E-state index is 12.1. The van der Waals surface area contributed by atoms with Crippen LogP contribution in [0.4, 0.5) is 5.69 Å². The van der Waals surface area contributed by atoms with Gasteiger partial charge in [0.15, 0.2) is 0 Å². The minimum Gasteiger partial charge on any atom is -0.324 e. The molecule has 0 heterocycles. The van der Waals surface area contributed by atoms with Crippen LogP contribution in [0.3, 0.4) is 0 Å². The fourth-order valence-electron chi connectivity index (χ4n) is 1.90. The van der Waals surface area contributed by atoms with Crippen molar-refractivity contribution in [3.8, 4) is 6.07 Å². The van der Waals surface area contributed by atoms with Crippen molar-refractivity contribution in [2.24, 2.45) is 5.73 Å². The summed E-state index contributed by atoms with van der Waals surface area (Å²) in [5.74, 6) is -0.308. The second-order valence-electron chi connectivity index (χ2n) is 4.59. The number of carbonyl (C=O) groups is 1. The predicted molar refractivity (Wildman–Crippen MR) is 85.6 cm³/mol. The molecule has 4 nitrogen and oxygen atoms in total. The van der Waals surface area contributed by atoms with E-state index in [0.29, 0.717) is 17.7 Å². The summed E-state index contributed by atoms with van der Waals surface area (Å²) in [6, 6.07) is 16.0. The van der Waals surface area contributed by atoms with Crippen LogP contribution in [0.2, 0.25) is 0 Å². The average molecular weight is 344 g/mol. The number of carbonyl (C=O) groups excluding carboxylic acids is 1. The van der Waals surface area contributed by atoms with Gasteiger partial charge in [0, 0.05) is 4.47 Å². The molecule has 0 spiro atoms. The standard InChI is InChI=1S/C16H14BrN3O/c17-13-6-7-15(12(9-13)10-18)20-16(21)14(19)8-11-4-2-1-3-5-11/h1-7,9,14H,8,19H2,(H,20,21)/t14-/m0/s1. The summed E-state index contributed by atoms with van der Waals surface area (Å²) < 4.78 is 0.783. The molecule has 0 aliphatic heterocycles. The minimum atomic E-state index is -0.664. The molecular weight excluding hydrogens is 330 g/mol. The van der Waals surface area contributed by atoms with Gasteiger partial charge in [-0.05, 0) is 30.2 Å². The predicted octanol–water partition coefficient (Wildman–Crippen LogP) is 2.83. The highest BCUT2D eigenvalue weighted by atomic mass is 79.9. The molecule has 106 valence electrons. The maximum atomic E-state index is 12.1. The molecule has 2 aromatic carbocycles. The lowest BCUT2D eigenvalue weighted by Crippen LogP contribution is -2.37. The first kappa shape index (κ1) is 15.2. The fourth-order valence-corrected chi connectivity index (χ4v) is 2.27. The van der Waals surface area contributed by atoms with Crippen LogP contribution >= 0.6 is 15.9 Å². The third-order valence-corrected chi connectivity index (χ3v) is 3.49. The van der Waals surface area contributed by atoms with Crippen molar-refractivity contribution < 1.29 is 4.79 Å². The molecule has 1 atom stereocenters. The molecule has 2 aromatic rings. The quantitative estimate of drug-likeness (QED) is 0.895. The molecule has 0 unspecified atom stereocenters. The SMILES string of the molecule is N#Cc1cc(Br)ccc1NC(=O)[C@@H](N)Cc1ccccc1. The number of nitrogens with one attached hydrogen (secondary N) is 1. The van der Waals surface area contributed by atoms with Gasteiger partial charge in [0.05, 0.1) is 17.3 Å². The Labute approximate surface area is 131 Å². The maximum Gasteiger partial charge on any atom is 0.241 e. The van der Waals surface area contributed by atoms with Gasteiger partial charge in [-0.25, -0.2) is 0 Å². The van der Waals surface area contributed by atoms with Crippen LogP contribution in [0.5, 0.6) is 0 Å². The van der Waals surface area contributed by atoms with Crippen LogP contribution in [-0.2, 0) is 11.2 Å². The van der Waals surface area contributed by atoms with E-state index in [9.17, 15) is 4.79 Å². The molecule has 0 saturated heterocycles. The highest BCUT2D eigenvalue weighted by Crippen LogP contribution is 2.20. The van der Waals surface area contributed by atoms with E-state index in [-0.39, 0.29) is 5.91 Å². The summed E-state index contributed by atoms with van der Waals surface area (Å²) in [6.07, 6.45) is 0.449. The van der Waals surface area contributed by atoms with Gasteiger partial charge in [0.2, 0.25) is 5.91 Å². The van der Waals surface area contributed by atoms with Gasteiger partial charge in [-0.3, -0.25) is 4.79 Å². The number of amides is 1. The Morgan fingerprint density at radius 2 is 2.00 bits per heavy atom. The molecule has 0 bridgehead atoms. The Morgan fingerprint density at radius 3 is 2.67 bits per heavy atom. The third-order valence-electron chi connectivity index (χ3n) is 3.00. The number of rotatable bonds is 4. The zero-order valence-corrected chi connectivity index (χ0v) is 12.8. The smallest absolute Gasteiger partial charge is 0.241 e. The third kappa shape index (κ3) is 4.15.